The van der Waals surface area contributed by atoms with E-state index in [2.05, 4.69) is 21.8 Å². The molecule has 0 unspecified atom stereocenters. The summed E-state index contributed by atoms with van der Waals surface area (Å²) in [5, 5.41) is 0. The zero-order chi connectivity index (χ0) is 20.8. The van der Waals surface area contributed by atoms with Crippen LogP contribution in [0.5, 0.6) is 0 Å². The van der Waals surface area contributed by atoms with Gasteiger partial charge in [0.1, 0.15) is 10.7 Å². The van der Waals surface area contributed by atoms with Gasteiger partial charge in [-0.3, -0.25) is 14.3 Å². The molecule has 1 spiro atoms. The topological polar surface area (TPSA) is 103 Å². The van der Waals surface area contributed by atoms with E-state index in [0.717, 1.165) is 42.9 Å². The van der Waals surface area contributed by atoms with Crippen LogP contribution in [0, 0.1) is 18.3 Å². The summed E-state index contributed by atoms with van der Waals surface area (Å²) in [6.07, 6.45) is 6.14. The molecule has 4 N–H and O–H groups in total. The standard InChI is InChI=1S/C21H30N6OS/c1-13-11-16(22)21(12-13)6-9-27(10-7-21)20-25-18(23)17(19(28)26(20)3)29-15-5-4-8-24-14(15)2/h4-5,8,13,16H,6-7,9-12,22-23H2,1-3H3/t13-,16-/m1/s1. The second-order valence-electron chi connectivity index (χ2n) is 8.68. The minimum atomic E-state index is -0.118. The van der Waals surface area contributed by atoms with Crippen LogP contribution in [0.4, 0.5) is 11.8 Å². The molecule has 2 fully saturated rings. The van der Waals surface area contributed by atoms with Crippen molar-refractivity contribution in [2.75, 3.05) is 23.7 Å². The first-order valence-corrected chi connectivity index (χ1v) is 11.1. The van der Waals surface area contributed by atoms with E-state index < -0.39 is 0 Å². The predicted octanol–water partition coefficient (Wildman–Crippen LogP) is 2.56. The lowest BCUT2D eigenvalue weighted by molar-refractivity contribution is 0.192. The molecule has 0 radical (unpaired) electrons. The maximum atomic E-state index is 13.1. The fraction of sp³-hybridized carbons (Fsp3) is 0.571. The minimum Gasteiger partial charge on any atom is -0.382 e. The van der Waals surface area contributed by atoms with Crippen molar-refractivity contribution in [3.63, 3.8) is 0 Å². The van der Waals surface area contributed by atoms with Gasteiger partial charge in [0.05, 0.1) is 5.69 Å². The third-order valence-electron chi connectivity index (χ3n) is 6.66. The molecule has 156 valence electrons. The smallest absolute Gasteiger partial charge is 0.270 e. The van der Waals surface area contributed by atoms with Gasteiger partial charge in [-0.05, 0) is 56.1 Å². The van der Waals surface area contributed by atoms with Gasteiger partial charge in [0.2, 0.25) is 5.95 Å². The minimum absolute atomic E-state index is 0.118. The second-order valence-corrected chi connectivity index (χ2v) is 9.73. The molecule has 2 aliphatic rings. The quantitative estimate of drug-likeness (QED) is 0.795. The molecule has 2 aromatic heterocycles. The average Bonchev–Trinajstić information content (AvgIpc) is 2.97. The Balaban J connectivity index is 1.57. The Kier molecular flexibility index (Phi) is 5.33. The molecule has 2 aromatic rings. The lowest BCUT2D eigenvalue weighted by Crippen LogP contribution is -2.48. The normalized spacial score (nSPS) is 23.7. The fourth-order valence-electron chi connectivity index (χ4n) is 4.99. The average molecular weight is 415 g/mol. The molecule has 1 saturated heterocycles. The van der Waals surface area contributed by atoms with Gasteiger partial charge >= 0.3 is 0 Å². The number of pyridine rings is 1. The van der Waals surface area contributed by atoms with Crippen LogP contribution in [0.1, 0.15) is 38.3 Å². The summed E-state index contributed by atoms with van der Waals surface area (Å²) >= 11 is 1.33. The lowest BCUT2D eigenvalue weighted by Gasteiger charge is -2.42. The summed E-state index contributed by atoms with van der Waals surface area (Å²) in [6, 6.07) is 4.08. The van der Waals surface area contributed by atoms with Crippen LogP contribution in [0.15, 0.2) is 32.9 Å². The maximum Gasteiger partial charge on any atom is 0.270 e. The van der Waals surface area contributed by atoms with Gasteiger partial charge < -0.3 is 16.4 Å². The van der Waals surface area contributed by atoms with Crippen molar-refractivity contribution in [1.29, 1.82) is 0 Å². The number of nitrogens with two attached hydrogens (primary N) is 2. The highest BCUT2D eigenvalue weighted by atomic mass is 32.2. The number of aryl methyl sites for hydroxylation is 1. The van der Waals surface area contributed by atoms with Crippen molar-refractivity contribution in [2.45, 2.75) is 55.4 Å². The monoisotopic (exact) mass is 414 g/mol. The molecule has 1 aliphatic heterocycles. The van der Waals surface area contributed by atoms with E-state index in [1.54, 1.807) is 17.8 Å². The molecule has 3 heterocycles. The molecule has 0 aromatic carbocycles. The number of nitrogens with zero attached hydrogens (tertiary/aromatic N) is 4. The lowest BCUT2D eigenvalue weighted by atomic mass is 9.74. The number of anilines is 2. The van der Waals surface area contributed by atoms with Gasteiger partial charge in [-0.1, -0.05) is 18.7 Å². The van der Waals surface area contributed by atoms with E-state index in [1.807, 2.05) is 19.1 Å². The summed E-state index contributed by atoms with van der Waals surface area (Å²) in [7, 11) is 1.78. The number of aromatic nitrogens is 3. The number of hydrogen-bond donors (Lipinski definition) is 2. The Morgan fingerprint density at radius 2 is 2.03 bits per heavy atom. The van der Waals surface area contributed by atoms with Crippen LogP contribution in [0.3, 0.4) is 0 Å². The van der Waals surface area contributed by atoms with Gasteiger partial charge in [-0.25, -0.2) is 0 Å². The summed E-state index contributed by atoms with van der Waals surface area (Å²) in [5.74, 6) is 1.62. The Morgan fingerprint density at radius 1 is 1.31 bits per heavy atom. The van der Waals surface area contributed by atoms with Crippen LogP contribution in [0.2, 0.25) is 0 Å². The second kappa shape index (κ2) is 7.65. The van der Waals surface area contributed by atoms with Crippen molar-refractivity contribution in [1.82, 2.24) is 14.5 Å². The maximum absolute atomic E-state index is 13.1. The van der Waals surface area contributed by atoms with Crippen LogP contribution < -0.4 is 21.9 Å². The van der Waals surface area contributed by atoms with E-state index in [-0.39, 0.29) is 22.8 Å². The molecular weight excluding hydrogens is 384 g/mol. The molecular formula is C21H30N6OS. The van der Waals surface area contributed by atoms with E-state index in [0.29, 0.717) is 16.8 Å². The Bertz CT molecular complexity index is 966. The Labute approximate surface area is 175 Å². The van der Waals surface area contributed by atoms with Crippen LogP contribution in [-0.4, -0.2) is 33.7 Å². The summed E-state index contributed by atoms with van der Waals surface area (Å²) < 4.78 is 1.62. The third-order valence-corrected chi connectivity index (χ3v) is 7.90. The highest BCUT2D eigenvalue weighted by molar-refractivity contribution is 7.99. The summed E-state index contributed by atoms with van der Waals surface area (Å²) in [6.45, 7) is 5.93. The fourth-order valence-corrected chi connectivity index (χ4v) is 5.93. The number of hydrogen-bond acceptors (Lipinski definition) is 7. The first-order chi connectivity index (χ1) is 13.8. The number of rotatable bonds is 3. The van der Waals surface area contributed by atoms with E-state index in [1.165, 1.54) is 18.2 Å². The van der Waals surface area contributed by atoms with Gasteiger partial charge in [0.25, 0.3) is 5.56 Å². The molecule has 8 heteroatoms. The summed E-state index contributed by atoms with van der Waals surface area (Å²) in [5.41, 5.74) is 13.7. The van der Waals surface area contributed by atoms with Crippen molar-refractivity contribution < 1.29 is 0 Å². The van der Waals surface area contributed by atoms with Crippen molar-refractivity contribution in [3.8, 4) is 0 Å². The van der Waals surface area contributed by atoms with Gasteiger partial charge in [-0.2, -0.15) is 4.98 Å². The van der Waals surface area contributed by atoms with Crippen molar-refractivity contribution >= 4 is 23.5 Å². The Morgan fingerprint density at radius 3 is 2.66 bits per heavy atom. The molecule has 1 aliphatic carbocycles. The molecule has 7 nitrogen and oxygen atoms in total. The first-order valence-electron chi connectivity index (χ1n) is 10.3. The molecule has 1 saturated carbocycles. The van der Waals surface area contributed by atoms with E-state index in [9.17, 15) is 4.79 Å². The van der Waals surface area contributed by atoms with Gasteiger partial charge in [0, 0.05) is 37.3 Å². The van der Waals surface area contributed by atoms with Crippen molar-refractivity contribution in [2.24, 2.45) is 24.1 Å². The van der Waals surface area contributed by atoms with Crippen molar-refractivity contribution in [3.05, 3.63) is 34.4 Å². The molecule has 29 heavy (non-hydrogen) atoms. The van der Waals surface area contributed by atoms with Gasteiger partial charge in [-0.15, -0.1) is 0 Å². The van der Waals surface area contributed by atoms with E-state index in [4.69, 9.17) is 11.5 Å². The van der Waals surface area contributed by atoms with Crippen LogP contribution >= 0.6 is 11.8 Å². The summed E-state index contributed by atoms with van der Waals surface area (Å²) in [4.78, 5) is 25.5. The predicted molar refractivity (Wildman–Crippen MR) is 117 cm³/mol. The molecule has 2 atom stereocenters. The zero-order valence-electron chi connectivity index (χ0n) is 17.4. The van der Waals surface area contributed by atoms with Gasteiger partial charge in [0.15, 0.2) is 0 Å². The molecule has 4 rings (SSSR count). The first kappa shape index (κ1) is 20.2. The van der Waals surface area contributed by atoms with Crippen LogP contribution in [-0.2, 0) is 7.05 Å². The highest BCUT2D eigenvalue weighted by Gasteiger charge is 2.46. The Hall–Kier alpha value is -2.06. The highest BCUT2D eigenvalue weighted by Crippen LogP contribution is 2.48. The largest absolute Gasteiger partial charge is 0.382 e. The van der Waals surface area contributed by atoms with E-state index >= 15 is 0 Å². The SMILES string of the molecule is Cc1ncccc1Sc1c(N)nc(N2CCC3(CC2)C[C@H](C)C[C@H]3N)n(C)c1=O. The number of nitrogen functional groups attached to an aromatic ring is 1. The zero-order valence-corrected chi connectivity index (χ0v) is 18.2. The molecule has 0 amide bonds. The third kappa shape index (κ3) is 3.64. The molecule has 0 bridgehead atoms. The number of piperidine rings is 1. The van der Waals surface area contributed by atoms with Crippen LogP contribution in [0.25, 0.3) is 0 Å².